The molecule has 0 saturated heterocycles. The third-order valence-corrected chi connectivity index (χ3v) is 4.08. The zero-order valence-electron chi connectivity index (χ0n) is 16.2. The predicted octanol–water partition coefficient (Wildman–Crippen LogP) is 3.63. The Morgan fingerprint density at radius 1 is 1.11 bits per heavy atom. The Balaban J connectivity index is 1.99. The van der Waals surface area contributed by atoms with Crippen LogP contribution in [0.3, 0.4) is 0 Å². The maximum absolute atomic E-state index is 12.5. The summed E-state index contributed by atoms with van der Waals surface area (Å²) in [4.78, 5) is 27.9. The standard InChI is InChI=1S/C21H23N5O2/c1-13(2)8-7-9-14(3)16-19(27)24-18-17(23-16)20(26-21(22)25-18)28-12-15-10-5-4-6-11-15/h4-6,8-11H,7,12H2,1-3H3,(H3,22,24,25,26,27)/b14-9+. The van der Waals surface area contributed by atoms with E-state index in [0.29, 0.717) is 17.8 Å². The van der Waals surface area contributed by atoms with Crippen LogP contribution in [-0.4, -0.2) is 19.9 Å². The second kappa shape index (κ2) is 8.47. The van der Waals surface area contributed by atoms with E-state index in [1.54, 1.807) is 0 Å². The second-order valence-corrected chi connectivity index (χ2v) is 6.68. The number of aromatic nitrogens is 4. The van der Waals surface area contributed by atoms with Crippen LogP contribution < -0.4 is 16.0 Å². The molecule has 0 fully saturated rings. The van der Waals surface area contributed by atoms with Crippen molar-refractivity contribution >= 4 is 22.7 Å². The highest BCUT2D eigenvalue weighted by molar-refractivity contribution is 5.78. The van der Waals surface area contributed by atoms with Gasteiger partial charge < -0.3 is 15.5 Å². The largest absolute Gasteiger partial charge is 0.471 e. The number of benzene rings is 1. The van der Waals surface area contributed by atoms with E-state index < -0.39 is 0 Å². The molecule has 0 unspecified atom stereocenters. The highest BCUT2D eigenvalue weighted by Crippen LogP contribution is 2.22. The molecule has 0 aliphatic carbocycles. The number of allylic oxidation sites excluding steroid dienone is 4. The summed E-state index contributed by atoms with van der Waals surface area (Å²) >= 11 is 0. The molecule has 0 aliphatic rings. The van der Waals surface area contributed by atoms with Crippen molar-refractivity contribution in [3.05, 3.63) is 69.7 Å². The van der Waals surface area contributed by atoms with Crippen LogP contribution in [0.15, 0.2) is 52.9 Å². The number of nitrogens with zero attached hydrogens (tertiary/aromatic N) is 3. The number of rotatable bonds is 6. The van der Waals surface area contributed by atoms with E-state index >= 15 is 0 Å². The zero-order chi connectivity index (χ0) is 20.1. The second-order valence-electron chi connectivity index (χ2n) is 6.68. The molecular weight excluding hydrogens is 354 g/mol. The summed E-state index contributed by atoms with van der Waals surface area (Å²) in [5.41, 5.74) is 9.34. The van der Waals surface area contributed by atoms with E-state index in [0.717, 1.165) is 17.6 Å². The van der Waals surface area contributed by atoms with Gasteiger partial charge in [0.15, 0.2) is 11.2 Å². The number of H-pyrrole nitrogens is 1. The molecule has 0 atom stereocenters. The van der Waals surface area contributed by atoms with Gasteiger partial charge in [0.25, 0.3) is 5.56 Å². The molecule has 0 radical (unpaired) electrons. The summed E-state index contributed by atoms with van der Waals surface area (Å²) in [6, 6.07) is 9.69. The first-order valence-electron chi connectivity index (χ1n) is 8.99. The minimum absolute atomic E-state index is 0.0107. The van der Waals surface area contributed by atoms with Gasteiger partial charge in [0, 0.05) is 0 Å². The van der Waals surface area contributed by atoms with Crippen LogP contribution in [0.25, 0.3) is 16.7 Å². The normalized spacial score (nSPS) is 11.5. The lowest BCUT2D eigenvalue weighted by Gasteiger charge is -2.09. The van der Waals surface area contributed by atoms with Crippen molar-refractivity contribution < 1.29 is 4.74 Å². The van der Waals surface area contributed by atoms with E-state index in [-0.39, 0.29) is 23.0 Å². The Kier molecular flexibility index (Phi) is 5.84. The van der Waals surface area contributed by atoms with Crippen LogP contribution in [0, 0.1) is 0 Å². The molecule has 3 aromatic rings. The Morgan fingerprint density at radius 2 is 1.86 bits per heavy atom. The lowest BCUT2D eigenvalue weighted by molar-refractivity contribution is 0.297. The van der Waals surface area contributed by atoms with Gasteiger partial charge in [-0.3, -0.25) is 4.79 Å². The maximum atomic E-state index is 12.5. The number of ether oxygens (including phenoxy) is 1. The summed E-state index contributed by atoms with van der Waals surface area (Å²) in [5, 5.41) is 0. The van der Waals surface area contributed by atoms with Crippen molar-refractivity contribution in [2.24, 2.45) is 0 Å². The highest BCUT2D eigenvalue weighted by atomic mass is 16.5. The van der Waals surface area contributed by atoms with Gasteiger partial charge in [-0.05, 0) is 38.3 Å². The van der Waals surface area contributed by atoms with Gasteiger partial charge >= 0.3 is 0 Å². The predicted molar refractivity (Wildman–Crippen MR) is 111 cm³/mol. The number of nitrogens with two attached hydrogens (primary N) is 1. The molecule has 3 N–H and O–H groups in total. The molecule has 1 aromatic carbocycles. The SMILES string of the molecule is CC(C)=CC/C=C(\C)c1nc2c(OCc3ccccc3)nc(N)nc2[nH]c1=O. The smallest absolute Gasteiger partial charge is 0.275 e. The topological polar surface area (TPSA) is 107 Å². The fraction of sp³-hybridized carbons (Fsp3) is 0.238. The van der Waals surface area contributed by atoms with E-state index in [2.05, 4.69) is 26.0 Å². The fourth-order valence-electron chi connectivity index (χ4n) is 2.63. The van der Waals surface area contributed by atoms with Gasteiger partial charge in [-0.25, -0.2) is 4.98 Å². The average molecular weight is 377 g/mol. The Morgan fingerprint density at radius 3 is 2.57 bits per heavy atom. The van der Waals surface area contributed by atoms with Gasteiger partial charge in [-0.15, -0.1) is 0 Å². The first-order chi connectivity index (χ1) is 13.4. The molecule has 2 heterocycles. The summed E-state index contributed by atoms with van der Waals surface area (Å²) in [6.07, 6.45) is 4.76. The van der Waals surface area contributed by atoms with E-state index in [4.69, 9.17) is 10.5 Å². The van der Waals surface area contributed by atoms with E-state index in [9.17, 15) is 4.79 Å². The molecule has 3 rings (SSSR count). The van der Waals surface area contributed by atoms with Crippen LogP contribution in [0.1, 0.15) is 38.4 Å². The van der Waals surface area contributed by atoms with Crippen molar-refractivity contribution in [3.8, 4) is 5.88 Å². The summed E-state index contributed by atoms with van der Waals surface area (Å²) in [5.74, 6) is 0.248. The van der Waals surface area contributed by atoms with Crippen LogP contribution in [0.4, 0.5) is 5.95 Å². The zero-order valence-corrected chi connectivity index (χ0v) is 16.2. The minimum atomic E-state index is -0.328. The van der Waals surface area contributed by atoms with Crippen molar-refractivity contribution in [1.29, 1.82) is 0 Å². The van der Waals surface area contributed by atoms with Gasteiger partial charge in [0.05, 0.1) is 0 Å². The third-order valence-electron chi connectivity index (χ3n) is 4.08. The Labute approximate surface area is 163 Å². The number of fused-ring (bicyclic) bond motifs is 1. The first-order valence-corrected chi connectivity index (χ1v) is 8.99. The van der Waals surface area contributed by atoms with Crippen molar-refractivity contribution in [2.45, 2.75) is 33.8 Å². The summed E-state index contributed by atoms with van der Waals surface area (Å²) in [7, 11) is 0. The number of nitrogens with one attached hydrogen (secondary N) is 1. The molecular formula is C21H23N5O2. The van der Waals surface area contributed by atoms with Crippen LogP contribution in [0.5, 0.6) is 5.88 Å². The molecule has 144 valence electrons. The monoisotopic (exact) mass is 377 g/mol. The maximum Gasteiger partial charge on any atom is 0.275 e. The molecule has 7 nitrogen and oxygen atoms in total. The number of nitrogen functional groups attached to an aromatic ring is 1. The van der Waals surface area contributed by atoms with Crippen LogP contribution in [-0.2, 0) is 6.61 Å². The first kappa shape index (κ1) is 19.3. The van der Waals surface area contributed by atoms with E-state index in [1.807, 2.05) is 57.2 Å². The molecule has 0 bridgehead atoms. The van der Waals surface area contributed by atoms with Crippen LogP contribution in [0.2, 0.25) is 0 Å². The van der Waals surface area contributed by atoms with Crippen molar-refractivity contribution in [2.75, 3.05) is 5.73 Å². The lowest BCUT2D eigenvalue weighted by atomic mass is 10.1. The lowest BCUT2D eigenvalue weighted by Crippen LogP contribution is -2.16. The molecule has 0 spiro atoms. The van der Waals surface area contributed by atoms with Crippen molar-refractivity contribution in [3.63, 3.8) is 0 Å². The van der Waals surface area contributed by atoms with Crippen molar-refractivity contribution in [1.82, 2.24) is 19.9 Å². The van der Waals surface area contributed by atoms with E-state index in [1.165, 1.54) is 5.57 Å². The minimum Gasteiger partial charge on any atom is -0.471 e. The fourth-order valence-corrected chi connectivity index (χ4v) is 2.63. The van der Waals surface area contributed by atoms with Gasteiger partial charge in [-0.2, -0.15) is 9.97 Å². The number of hydrogen-bond acceptors (Lipinski definition) is 6. The number of hydrogen-bond donors (Lipinski definition) is 2. The molecule has 0 saturated carbocycles. The molecule has 0 amide bonds. The third kappa shape index (κ3) is 4.62. The molecule has 28 heavy (non-hydrogen) atoms. The Hall–Kier alpha value is -3.48. The van der Waals surface area contributed by atoms with Gasteiger partial charge in [-0.1, -0.05) is 48.1 Å². The van der Waals surface area contributed by atoms with Gasteiger partial charge in [0.2, 0.25) is 11.8 Å². The molecule has 2 aromatic heterocycles. The Bertz CT molecular complexity index is 1100. The average Bonchev–Trinajstić information content (AvgIpc) is 2.65. The highest BCUT2D eigenvalue weighted by Gasteiger charge is 2.14. The van der Waals surface area contributed by atoms with Crippen LogP contribution >= 0.6 is 0 Å². The number of aromatic amines is 1. The molecule has 7 heteroatoms. The van der Waals surface area contributed by atoms with Gasteiger partial charge in [0.1, 0.15) is 12.3 Å². The quantitative estimate of drug-likeness (QED) is 0.635. The summed E-state index contributed by atoms with van der Waals surface area (Å²) in [6.45, 7) is 6.22. The number of anilines is 1. The molecule has 0 aliphatic heterocycles. The summed E-state index contributed by atoms with van der Waals surface area (Å²) < 4.78 is 5.83.